The van der Waals surface area contributed by atoms with Gasteiger partial charge in [-0.2, -0.15) is 0 Å². The molecule has 3 rings (SSSR count). The van der Waals surface area contributed by atoms with Gasteiger partial charge >= 0.3 is 0 Å². The molecule has 1 saturated carbocycles. The summed E-state index contributed by atoms with van der Waals surface area (Å²) in [5.41, 5.74) is 1.04. The van der Waals surface area contributed by atoms with E-state index in [0.717, 1.165) is 24.2 Å². The van der Waals surface area contributed by atoms with Crippen molar-refractivity contribution < 1.29 is 14.3 Å². The molecule has 2 atom stereocenters. The fourth-order valence-corrected chi connectivity index (χ4v) is 3.91. The SMILES string of the molecule is CCOc1ccc([C@@H](C)NC(=O)[C@@H]2CC(=O)N(C3CCCC3)C2)cc1. The summed E-state index contributed by atoms with van der Waals surface area (Å²) in [7, 11) is 0. The van der Waals surface area contributed by atoms with Crippen LogP contribution in [0.2, 0.25) is 0 Å². The Bertz CT molecular complexity index is 608. The van der Waals surface area contributed by atoms with Crippen molar-refractivity contribution in [2.75, 3.05) is 13.2 Å². The number of hydrogen-bond acceptors (Lipinski definition) is 3. The molecule has 2 aliphatic rings. The minimum Gasteiger partial charge on any atom is -0.494 e. The quantitative estimate of drug-likeness (QED) is 0.863. The summed E-state index contributed by atoms with van der Waals surface area (Å²) < 4.78 is 5.44. The second-order valence-electron chi connectivity index (χ2n) is 7.12. The Labute approximate surface area is 149 Å². The first-order valence-electron chi connectivity index (χ1n) is 9.41. The molecule has 0 radical (unpaired) electrons. The van der Waals surface area contributed by atoms with E-state index in [-0.39, 0.29) is 23.8 Å². The lowest BCUT2D eigenvalue weighted by molar-refractivity contribution is -0.130. The lowest BCUT2D eigenvalue weighted by atomic mass is 10.0. The van der Waals surface area contributed by atoms with Gasteiger partial charge in [-0.1, -0.05) is 25.0 Å². The highest BCUT2D eigenvalue weighted by Gasteiger charge is 2.38. The molecule has 0 unspecified atom stereocenters. The molecular formula is C20H28N2O3. The van der Waals surface area contributed by atoms with Crippen LogP contribution in [0.5, 0.6) is 5.75 Å². The maximum atomic E-state index is 12.6. The van der Waals surface area contributed by atoms with E-state index in [1.807, 2.05) is 43.0 Å². The van der Waals surface area contributed by atoms with Gasteiger partial charge in [-0.15, -0.1) is 0 Å². The van der Waals surface area contributed by atoms with E-state index in [2.05, 4.69) is 5.32 Å². The topological polar surface area (TPSA) is 58.6 Å². The van der Waals surface area contributed by atoms with Crippen molar-refractivity contribution in [3.05, 3.63) is 29.8 Å². The van der Waals surface area contributed by atoms with Crippen LogP contribution in [-0.4, -0.2) is 35.9 Å². The van der Waals surface area contributed by atoms with Crippen molar-refractivity contribution in [2.45, 2.75) is 58.0 Å². The Morgan fingerprint density at radius 1 is 1.28 bits per heavy atom. The Morgan fingerprint density at radius 3 is 2.60 bits per heavy atom. The highest BCUT2D eigenvalue weighted by atomic mass is 16.5. The zero-order chi connectivity index (χ0) is 17.8. The third kappa shape index (κ3) is 4.14. The minimum absolute atomic E-state index is 0.0183. The number of hydrogen-bond donors (Lipinski definition) is 1. The minimum atomic E-state index is -0.224. The monoisotopic (exact) mass is 344 g/mol. The molecular weight excluding hydrogens is 316 g/mol. The Kier molecular flexibility index (Phi) is 5.61. The fraction of sp³-hybridized carbons (Fsp3) is 0.600. The molecule has 2 amide bonds. The summed E-state index contributed by atoms with van der Waals surface area (Å²) >= 11 is 0. The van der Waals surface area contributed by atoms with Crippen LogP contribution in [-0.2, 0) is 9.59 Å². The number of amides is 2. The van der Waals surface area contributed by atoms with E-state index in [1.54, 1.807) is 0 Å². The van der Waals surface area contributed by atoms with Crippen LogP contribution in [0.3, 0.4) is 0 Å². The van der Waals surface area contributed by atoms with E-state index in [1.165, 1.54) is 12.8 Å². The summed E-state index contributed by atoms with van der Waals surface area (Å²) in [6.45, 7) is 5.14. The van der Waals surface area contributed by atoms with Crippen molar-refractivity contribution in [1.29, 1.82) is 0 Å². The van der Waals surface area contributed by atoms with Crippen LogP contribution in [0.25, 0.3) is 0 Å². The predicted molar refractivity (Wildman–Crippen MR) is 96.2 cm³/mol. The first kappa shape index (κ1) is 17.8. The van der Waals surface area contributed by atoms with Gasteiger partial charge in [0, 0.05) is 19.0 Å². The second kappa shape index (κ2) is 7.89. The van der Waals surface area contributed by atoms with E-state index in [9.17, 15) is 9.59 Å². The van der Waals surface area contributed by atoms with E-state index >= 15 is 0 Å². The summed E-state index contributed by atoms with van der Waals surface area (Å²) in [6, 6.07) is 8.05. The van der Waals surface area contributed by atoms with Gasteiger partial charge in [0.05, 0.1) is 18.6 Å². The van der Waals surface area contributed by atoms with Crippen LogP contribution >= 0.6 is 0 Å². The molecule has 0 bridgehead atoms. The molecule has 136 valence electrons. The second-order valence-corrected chi connectivity index (χ2v) is 7.12. The van der Waals surface area contributed by atoms with Crippen molar-refractivity contribution in [2.24, 2.45) is 5.92 Å². The summed E-state index contributed by atoms with van der Waals surface area (Å²) in [5, 5.41) is 3.06. The largest absolute Gasteiger partial charge is 0.494 e. The average molecular weight is 344 g/mol. The summed E-state index contributed by atoms with van der Waals surface area (Å²) in [5.74, 6) is 0.729. The first-order valence-corrected chi connectivity index (χ1v) is 9.41. The van der Waals surface area contributed by atoms with Crippen LogP contribution < -0.4 is 10.1 Å². The van der Waals surface area contributed by atoms with E-state index in [0.29, 0.717) is 25.6 Å². The number of benzene rings is 1. The lowest BCUT2D eigenvalue weighted by Crippen LogP contribution is -2.37. The zero-order valence-electron chi connectivity index (χ0n) is 15.2. The molecule has 1 aromatic rings. The third-order valence-electron chi connectivity index (χ3n) is 5.34. The molecule has 0 spiro atoms. The van der Waals surface area contributed by atoms with Crippen LogP contribution in [0.15, 0.2) is 24.3 Å². The molecule has 1 aliphatic carbocycles. The Morgan fingerprint density at radius 2 is 1.96 bits per heavy atom. The molecule has 2 fully saturated rings. The van der Waals surface area contributed by atoms with Gasteiger partial charge in [0.15, 0.2) is 0 Å². The Balaban J connectivity index is 1.55. The molecule has 0 aromatic heterocycles. The van der Waals surface area contributed by atoms with Gasteiger partial charge in [-0.3, -0.25) is 9.59 Å². The fourth-order valence-electron chi connectivity index (χ4n) is 3.91. The standard InChI is InChI=1S/C20H28N2O3/c1-3-25-18-10-8-15(9-11-18)14(2)21-20(24)16-12-19(23)22(13-16)17-6-4-5-7-17/h8-11,14,16-17H,3-7,12-13H2,1-2H3,(H,21,24)/t14-,16-/m1/s1. The molecule has 1 aromatic carbocycles. The van der Waals surface area contributed by atoms with E-state index < -0.39 is 0 Å². The van der Waals surface area contributed by atoms with Crippen molar-refractivity contribution in [3.63, 3.8) is 0 Å². The smallest absolute Gasteiger partial charge is 0.225 e. The van der Waals surface area contributed by atoms with Gasteiger partial charge in [0.1, 0.15) is 5.75 Å². The van der Waals surface area contributed by atoms with Gasteiger partial charge in [0.2, 0.25) is 11.8 Å². The van der Waals surface area contributed by atoms with Crippen molar-refractivity contribution in [1.82, 2.24) is 10.2 Å². The van der Waals surface area contributed by atoms with Gasteiger partial charge in [-0.05, 0) is 44.4 Å². The van der Waals surface area contributed by atoms with Crippen LogP contribution in [0.4, 0.5) is 0 Å². The third-order valence-corrected chi connectivity index (χ3v) is 5.34. The number of nitrogens with zero attached hydrogens (tertiary/aromatic N) is 1. The predicted octanol–water partition coefficient (Wildman–Crippen LogP) is 3.05. The maximum absolute atomic E-state index is 12.6. The molecule has 1 aliphatic heterocycles. The molecule has 25 heavy (non-hydrogen) atoms. The molecule has 5 heteroatoms. The van der Waals surface area contributed by atoms with E-state index in [4.69, 9.17) is 4.74 Å². The average Bonchev–Trinajstić information content (AvgIpc) is 3.25. The number of ether oxygens (including phenoxy) is 1. The van der Waals surface area contributed by atoms with Crippen LogP contribution in [0.1, 0.15) is 57.6 Å². The number of nitrogens with one attached hydrogen (secondary N) is 1. The highest BCUT2D eigenvalue weighted by molar-refractivity contribution is 5.89. The zero-order valence-corrected chi connectivity index (χ0v) is 15.2. The first-order chi connectivity index (χ1) is 12.1. The van der Waals surface area contributed by atoms with Crippen LogP contribution in [0, 0.1) is 5.92 Å². The number of carbonyl (C=O) groups is 2. The maximum Gasteiger partial charge on any atom is 0.225 e. The Hall–Kier alpha value is -2.04. The highest BCUT2D eigenvalue weighted by Crippen LogP contribution is 2.30. The lowest BCUT2D eigenvalue weighted by Gasteiger charge is -2.24. The van der Waals surface area contributed by atoms with Crippen molar-refractivity contribution >= 4 is 11.8 Å². The summed E-state index contributed by atoms with van der Waals surface area (Å²) in [6.07, 6.45) is 4.91. The molecule has 1 saturated heterocycles. The number of carbonyl (C=O) groups excluding carboxylic acids is 2. The van der Waals surface area contributed by atoms with Gasteiger partial charge in [0.25, 0.3) is 0 Å². The normalized spacial score (nSPS) is 22.2. The molecule has 1 N–H and O–H groups in total. The van der Waals surface area contributed by atoms with Gasteiger partial charge < -0.3 is 15.0 Å². The molecule has 5 nitrogen and oxygen atoms in total. The number of rotatable bonds is 6. The van der Waals surface area contributed by atoms with Crippen molar-refractivity contribution in [3.8, 4) is 5.75 Å². The number of likely N-dealkylation sites (tertiary alicyclic amines) is 1. The molecule has 1 heterocycles. The summed E-state index contributed by atoms with van der Waals surface area (Å²) in [4.78, 5) is 26.8. The van der Waals surface area contributed by atoms with Gasteiger partial charge in [-0.25, -0.2) is 0 Å².